The largest absolute Gasteiger partial charge is 0.354 e. The fraction of sp³-hybridized carbons (Fsp3) is 0.316. The molecule has 1 atom stereocenters. The van der Waals surface area contributed by atoms with Crippen molar-refractivity contribution in [3.8, 4) is 0 Å². The fourth-order valence-electron chi connectivity index (χ4n) is 5.42. The molecule has 0 bridgehead atoms. The van der Waals surface area contributed by atoms with Gasteiger partial charge in [-0.25, -0.2) is 8.42 Å². The zero-order valence-electron chi connectivity index (χ0n) is 27.7. The number of rotatable bonds is 13. The molecule has 0 fully saturated rings. The van der Waals surface area contributed by atoms with E-state index in [0.29, 0.717) is 12.2 Å². The van der Waals surface area contributed by atoms with E-state index in [1.807, 2.05) is 108 Å². The molecule has 0 saturated carbocycles. The number of hydrogen-bond donors (Lipinski definition) is 1. The number of anilines is 1. The molecule has 8 heteroatoms. The molecule has 2 amide bonds. The summed E-state index contributed by atoms with van der Waals surface area (Å²) in [5.74, 6) is -0.544. The van der Waals surface area contributed by atoms with Crippen molar-refractivity contribution in [3.05, 3.63) is 130 Å². The zero-order chi connectivity index (χ0) is 33.4. The molecule has 7 nitrogen and oxygen atoms in total. The first-order chi connectivity index (χ1) is 21.8. The van der Waals surface area contributed by atoms with Crippen LogP contribution in [0.1, 0.15) is 47.2 Å². The molecular formula is C38H45N3O4S. The van der Waals surface area contributed by atoms with Crippen LogP contribution in [0.2, 0.25) is 0 Å². The van der Waals surface area contributed by atoms with Gasteiger partial charge in [0.1, 0.15) is 12.6 Å². The number of carbonyl (C=O) groups excluding carboxylic acids is 2. The minimum absolute atomic E-state index is 0.0895. The highest BCUT2D eigenvalue weighted by Gasteiger charge is 2.35. The van der Waals surface area contributed by atoms with Gasteiger partial charge in [0, 0.05) is 19.5 Å². The van der Waals surface area contributed by atoms with Crippen LogP contribution < -0.4 is 9.62 Å². The van der Waals surface area contributed by atoms with Gasteiger partial charge < -0.3 is 10.2 Å². The Morgan fingerprint density at radius 1 is 0.739 bits per heavy atom. The van der Waals surface area contributed by atoms with E-state index in [-0.39, 0.29) is 29.7 Å². The normalized spacial score (nSPS) is 12.1. The smallest absolute Gasteiger partial charge is 0.264 e. The first-order valence-corrected chi connectivity index (χ1v) is 17.1. The fourth-order valence-corrected chi connectivity index (χ4v) is 6.90. The molecule has 242 valence electrons. The maximum Gasteiger partial charge on any atom is 0.264 e. The Labute approximate surface area is 274 Å². The molecule has 4 aromatic carbocycles. The number of nitrogens with one attached hydrogen (secondary N) is 1. The predicted octanol–water partition coefficient (Wildman–Crippen LogP) is 6.53. The molecule has 4 rings (SSSR count). The number of hydrogen-bond acceptors (Lipinski definition) is 4. The van der Waals surface area contributed by atoms with Crippen molar-refractivity contribution in [2.75, 3.05) is 17.4 Å². The van der Waals surface area contributed by atoms with Crippen LogP contribution in [0.4, 0.5) is 5.69 Å². The maximum atomic E-state index is 14.6. The standard InChI is InChI=1S/C38H45N3O4S/c1-27(2)24-39-38(43)36(23-32-12-8-7-9-13-32)40(25-33-14-10-11-29(4)22-33)37(42)26-41(35-20-17-30(5)21-31(35)6)46(44,45)34-18-15-28(3)16-19-34/h7-22,27,36H,23-26H2,1-6H3,(H,39,43). The number of sulfonamides is 1. The number of benzene rings is 4. The van der Waals surface area contributed by atoms with Crippen molar-refractivity contribution < 1.29 is 18.0 Å². The van der Waals surface area contributed by atoms with E-state index in [0.717, 1.165) is 33.4 Å². The molecule has 1 N–H and O–H groups in total. The van der Waals surface area contributed by atoms with Crippen molar-refractivity contribution in [1.82, 2.24) is 10.2 Å². The average molecular weight is 640 g/mol. The van der Waals surface area contributed by atoms with E-state index in [9.17, 15) is 18.0 Å². The number of amides is 2. The van der Waals surface area contributed by atoms with E-state index in [1.54, 1.807) is 35.2 Å². The summed E-state index contributed by atoms with van der Waals surface area (Å²) in [5.41, 5.74) is 5.81. The summed E-state index contributed by atoms with van der Waals surface area (Å²) in [7, 11) is -4.16. The summed E-state index contributed by atoms with van der Waals surface area (Å²) < 4.78 is 29.8. The summed E-state index contributed by atoms with van der Waals surface area (Å²) in [6.45, 7) is 11.8. The zero-order valence-corrected chi connectivity index (χ0v) is 28.5. The Morgan fingerprint density at radius 2 is 1.37 bits per heavy atom. The van der Waals surface area contributed by atoms with Gasteiger partial charge in [-0.3, -0.25) is 13.9 Å². The minimum Gasteiger partial charge on any atom is -0.354 e. The summed E-state index contributed by atoms with van der Waals surface area (Å²) in [6.07, 6.45) is 0.274. The highest BCUT2D eigenvalue weighted by Crippen LogP contribution is 2.29. The van der Waals surface area contributed by atoms with Gasteiger partial charge in [-0.05, 0) is 68.5 Å². The summed E-state index contributed by atoms with van der Waals surface area (Å²) in [5, 5.41) is 3.03. The van der Waals surface area contributed by atoms with Gasteiger partial charge in [-0.2, -0.15) is 0 Å². The Morgan fingerprint density at radius 3 is 2.00 bits per heavy atom. The van der Waals surface area contributed by atoms with Crippen LogP contribution in [0.3, 0.4) is 0 Å². The Hall–Kier alpha value is -4.43. The molecule has 0 aliphatic carbocycles. The molecule has 0 heterocycles. The Balaban J connectivity index is 1.82. The van der Waals surface area contributed by atoms with Crippen LogP contribution >= 0.6 is 0 Å². The van der Waals surface area contributed by atoms with Gasteiger partial charge in [0.05, 0.1) is 10.6 Å². The molecule has 0 saturated heterocycles. The number of aryl methyl sites for hydroxylation is 4. The third-order valence-electron chi connectivity index (χ3n) is 7.90. The minimum atomic E-state index is -4.16. The highest BCUT2D eigenvalue weighted by molar-refractivity contribution is 7.92. The third-order valence-corrected chi connectivity index (χ3v) is 9.67. The van der Waals surface area contributed by atoms with Gasteiger partial charge in [0.2, 0.25) is 11.8 Å². The Bertz CT molecular complexity index is 1750. The first kappa shape index (κ1) is 34.4. The van der Waals surface area contributed by atoms with E-state index in [1.165, 1.54) is 4.31 Å². The SMILES string of the molecule is Cc1ccc(S(=O)(=O)N(CC(=O)N(Cc2cccc(C)c2)C(Cc2ccccc2)C(=O)NCC(C)C)c2ccc(C)cc2C)cc1. The van der Waals surface area contributed by atoms with Gasteiger partial charge in [0.25, 0.3) is 10.0 Å². The monoisotopic (exact) mass is 639 g/mol. The number of carbonyl (C=O) groups is 2. The van der Waals surface area contributed by atoms with Crippen LogP contribution in [-0.4, -0.2) is 44.3 Å². The predicted molar refractivity (Wildman–Crippen MR) is 185 cm³/mol. The third kappa shape index (κ3) is 8.85. The van der Waals surface area contributed by atoms with Crippen molar-refractivity contribution in [1.29, 1.82) is 0 Å². The Kier molecular flexibility index (Phi) is 11.4. The van der Waals surface area contributed by atoms with Gasteiger partial charge in [0.15, 0.2) is 0 Å². The quantitative estimate of drug-likeness (QED) is 0.180. The lowest BCUT2D eigenvalue weighted by atomic mass is 10.0. The summed E-state index contributed by atoms with van der Waals surface area (Å²) in [6, 6.07) is 28.6. The highest BCUT2D eigenvalue weighted by atomic mass is 32.2. The topological polar surface area (TPSA) is 86.8 Å². The van der Waals surface area contributed by atoms with Crippen LogP contribution in [-0.2, 0) is 32.6 Å². The first-order valence-electron chi connectivity index (χ1n) is 15.7. The molecule has 4 aromatic rings. The molecule has 0 radical (unpaired) electrons. The second kappa shape index (κ2) is 15.2. The molecule has 0 spiro atoms. The second-order valence-corrected chi connectivity index (χ2v) is 14.3. The lowest BCUT2D eigenvalue weighted by molar-refractivity contribution is -0.140. The molecule has 0 aliphatic heterocycles. The maximum absolute atomic E-state index is 14.6. The van der Waals surface area contributed by atoms with E-state index >= 15 is 0 Å². The van der Waals surface area contributed by atoms with Gasteiger partial charge in [-0.15, -0.1) is 0 Å². The van der Waals surface area contributed by atoms with Crippen LogP contribution in [0, 0.1) is 33.6 Å². The molecular weight excluding hydrogens is 595 g/mol. The van der Waals surface area contributed by atoms with Crippen molar-refractivity contribution in [2.24, 2.45) is 5.92 Å². The van der Waals surface area contributed by atoms with Gasteiger partial charge >= 0.3 is 0 Å². The van der Waals surface area contributed by atoms with Crippen molar-refractivity contribution >= 4 is 27.5 Å². The van der Waals surface area contributed by atoms with Crippen LogP contribution in [0.15, 0.2) is 102 Å². The molecule has 0 aromatic heterocycles. The van der Waals surface area contributed by atoms with E-state index < -0.39 is 28.5 Å². The summed E-state index contributed by atoms with van der Waals surface area (Å²) >= 11 is 0. The van der Waals surface area contributed by atoms with E-state index in [2.05, 4.69) is 5.32 Å². The molecule has 46 heavy (non-hydrogen) atoms. The van der Waals surface area contributed by atoms with Gasteiger partial charge in [-0.1, -0.05) is 109 Å². The van der Waals surface area contributed by atoms with Crippen LogP contribution in [0.25, 0.3) is 0 Å². The second-order valence-electron chi connectivity index (χ2n) is 12.5. The van der Waals surface area contributed by atoms with E-state index in [4.69, 9.17) is 0 Å². The molecule has 1 unspecified atom stereocenters. The van der Waals surface area contributed by atoms with Crippen LogP contribution in [0.5, 0.6) is 0 Å². The summed E-state index contributed by atoms with van der Waals surface area (Å²) in [4.78, 5) is 30.2. The number of nitrogens with zero attached hydrogens (tertiary/aromatic N) is 2. The lowest BCUT2D eigenvalue weighted by Crippen LogP contribution is -2.53. The van der Waals surface area contributed by atoms with Crippen molar-refractivity contribution in [3.63, 3.8) is 0 Å². The average Bonchev–Trinajstić information content (AvgIpc) is 3.01. The molecule has 0 aliphatic rings. The lowest BCUT2D eigenvalue weighted by Gasteiger charge is -2.34. The van der Waals surface area contributed by atoms with Crippen molar-refractivity contribution in [2.45, 2.75) is 65.4 Å².